The van der Waals surface area contributed by atoms with Gasteiger partial charge in [-0.1, -0.05) is 81.4 Å². The first-order chi connectivity index (χ1) is 11.2. The molecule has 0 saturated carbocycles. The number of halogens is 6. The zero-order valence-corrected chi connectivity index (χ0v) is 16.1. The lowest BCUT2D eigenvalue weighted by Gasteiger charge is -2.05. The average Bonchev–Trinajstić information content (AvgIpc) is 2.56. The summed E-state index contributed by atoms with van der Waals surface area (Å²) < 4.78 is 0. The van der Waals surface area contributed by atoms with E-state index in [9.17, 15) is 0 Å². The maximum atomic E-state index is 6.06. The van der Waals surface area contributed by atoms with Crippen LogP contribution < -0.4 is 11.5 Å². The Morgan fingerprint density at radius 2 is 0.875 bits per heavy atom. The topological polar surface area (TPSA) is 52.0 Å². The second kappa shape index (κ2) is 7.85. The van der Waals surface area contributed by atoms with Crippen molar-refractivity contribution in [1.29, 1.82) is 0 Å². The predicted octanol–water partition coefficient (Wildman–Crippen LogP) is 6.17. The Kier molecular flexibility index (Phi) is 6.29. The number of hydrogen-bond acceptors (Lipinski definition) is 2. The molecule has 0 spiro atoms. The lowest BCUT2D eigenvalue weighted by molar-refractivity contribution is 1.62. The first kappa shape index (κ1) is 19.2. The second-order valence-corrected chi connectivity index (χ2v) is 6.68. The molecule has 0 heterocycles. The molecular formula is C16H6Cl6N2. The van der Waals surface area contributed by atoms with Crippen LogP contribution in [0.1, 0.15) is 11.1 Å². The number of benzene rings is 2. The van der Waals surface area contributed by atoms with Gasteiger partial charge in [0.15, 0.2) is 0 Å². The second-order valence-electron chi connectivity index (χ2n) is 4.41. The maximum absolute atomic E-state index is 6.06. The molecule has 0 amide bonds. The van der Waals surface area contributed by atoms with Gasteiger partial charge in [0, 0.05) is 11.1 Å². The fourth-order valence-corrected chi connectivity index (χ4v) is 2.84. The van der Waals surface area contributed by atoms with Gasteiger partial charge in [-0.05, 0) is 24.0 Å². The van der Waals surface area contributed by atoms with Crippen molar-refractivity contribution in [3.05, 3.63) is 53.4 Å². The zero-order chi connectivity index (χ0) is 18.0. The van der Waals surface area contributed by atoms with E-state index in [0.717, 1.165) is 0 Å². The van der Waals surface area contributed by atoms with Gasteiger partial charge in [0.1, 0.15) is 0 Å². The third-order valence-corrected chi connectivity index (χ3v) is 5.55. The van der Waals surface area contributed by atoms with Crippen LogP contribution in [0.15, 0.2) is 12.1 Å². The normalized spacial score (nSPS) is 9.75. The van der Waals surface area contributed by atoms with Crippen LogP contribution in [-0.4, -0.2) is 0 Å². The minimum Gasteiger partial charge on any atom is -0.397 e. The molecule has 0 aliphatic carbocycles. The minimum absolute atomic E-state index is 0.135. The number of nitrogens with two attached hydrogens (primary N) is 2. The first-order valence-electron chi connectivity index (χ1n) is 6.12. The molecule has 2 nitrogen and oxygen atoms in total. The summed E-state index contributed by atoms with van der Waals surface area (Å²) in [5.41, 5.74) is 12.8. The number of anilines is 2. The lowest BCUT2D eigenvalue weighted by Crippen LogP contribution is -1.91. The highest BCUT2D eigenvalue weighted by atomic mass is 35.5. The quantitative estimate of drug-likeness (QED) is 0.293. The average molecular weight is 439 g/mol. The molecule has 0 bridgehead atoms. The number of rotatable bonds is 0. The summed E-state index contributed by atoms with van der Waals surface area (Å²) in [5, 5.41) is 1.02. The fourth-order valence-electron chi connectivity index (χ4n) is 1.63. The Labute approximate surface area is 168 Å². The van der Waals surface area contributed by atoms with Gasteiger partial charge in [-0.25, -0.2) is 0 Å². The van der Waals surface area contributed by atoms with E-state index in [1.807, 2.05) is 0 Å². The van der Waals surface area contributed by atoms with Crippen LogP contribution in [0.2, 0.25) is 30.1 Å². The van der Waals surface area contributed by atoms with Gasteiger partial charge >= 0.3 is 0 Å². The third-order valence-electron chi connectivity index (χ3n) is 2.81. The van der Waals surface area contributed by atoms with Crippen LogP contribution in [0.3, 0.4) is 0 Å². The molecule has 2 aromatic carbocycles. The number of nitrogen functional groups attached to an aromatic ring is 2. The smallest absolute Gasteiger partial charge is 0.0837 e. The fraction of sp³-hybridized carbons (Fsp3) is 0. The highest BCUT2D eigenvalue weighted by molar-refractivity contribution is 6.50. The van der Waals surface area contributed by atoms with Crippen molar-refractivity contribution in [2.24, 2.45) is 0 Å². The van der Waals surface area contributed by atoms with E-state index >= 15 is 0 Å². The van der Waals surface area contributed by atoms with E-state index in [0.29, 0.717) is 11.1 Å². The van der Waals surface area contributed by atoms with Crippen molar-refractivity contribution in [2.75, 3.05) is 11.5 Å². The largest absolute Gasteiger partial charge is 0.397 e. The van der Waals surface area contributed by atoms with E-state index in [4.69, 9.17) is 81.1 Å². The van der Waals surface area contributed by atoms with E-state index < -0.39 is 0 Å². The van der Waals surface area contributed by atoms with E-state index in [-0.39, 0.29) is 41.5 Å². The molecule has 0 radical (unpaired) electrons. The standard InChI is InChI=1S/C16H6Cl6N2/c17-11-7(5-9(23)13(19)15(11)21)3-1-2-4-8-6-10(24)14(20)16(22)12(8)18/h5-6H,23-24H2. The van der Waals surface area contributed by atoms with Gasteiger partial charge in [0.05, 0.1) is 41.5 Å². The molecule has 0 aliphatic rings. The molecule has 0 fully saturated rings. The van der Waals surface area contributed by atoms with Crippen LogP contribution in [-0.2, 0) is 0 Å². The molecule has 0 aliphatic heterocycles. The molecule has 0 unspecified atom stereocenters. The van der Waals surface area contributed by atoms with Gasteiger partial charge in [-0.15, -0.1) is 0 Å². The Morgan fingerprint density at radius 1 is 0.542 bits per heavy atom. The molecule has 2 aromatic rings. The van der Waals surface area contributed by atoms with Crippen LogP contribution in [0.5, 0.6) is 0 Å². The third kappa shape index (κ3) is 3.93. The van der Waals surface area contributed by atoms with Crippen LogP contribution in [0.4, 0.5) is 11.4 Å². The van der Waals surface area contributed by atoms with Gasteiger partial charge in [-0.2, -0.15) is 0 Å². The lowest BCUT2D eigenvalue weighted by atomic mass is 10.2. The van der Waals surface area contributed by atoms with Crippen molar-refractivity contribution < 1.29 is 0 Å². The highest BCUT2D eigenvalue weighted by Gasteiger charge is 2.12. The SMILES string of the molecule is Nc1cc(C#CC#Cc2cc(N)c(Cl)c(Cl)c2Cl)c(Cl)c(Cl)c1Cl. The summed E-state index contributed by atoms with van der Waals surface area (Å²) in [6.07, 6.45) is 0. The predicted molar refractivity (Wildman–Crippen MR) is 106 cm³/mol. The Balaban J connectivity index is 2.40. The number of hydrogen-bond donors (Lipinski definition) is 2. The Hall–Kier alpha value is -1.10. The molecule has 8 heteroatoms. The van der Waals surface area contributed by atoms with E-state index in [1.165, 1.54) is 12.1 Å². The molecule has 4 N–H and O–H groups in total. The Morgan fingerprint density at radius 3 is 1.21 bits per heavy atom. The molecule has 2 rings (SSSR count). The van der Waals surface area contributed by atoms with Crippen LogP contribution >= 0.6 is 69.6 Å². The minimum atomic E-state index is 0.135. The van der Waals surface area contributed by atoms with Crippen LogP contribution in [0.25, 0.3) is 0 Å². The first-order valence-corrected chi connectivity index (χ1v) is 8.38. The summed E-state index contributed by atoms with van der Waals surface area (Å²) in [7, 11) is 0. The zero-order valence-electron chi connectivity index (χ0n) is 11.6. The molecule has 122 valence electrons. The monoisotopic (exact) mass is 436 g/mol. The van der Waals surface area contributed by atoms with Crippen molar-refractivity contribution >= 4 is 81.0 Å². The van der Waals surface area contributed by atoms with E-state index in [1.54, 1.807) is 0 Å². The van der Waals surface area contributed by atoms with Gasteiger partial charge < -0.3 is 11.5 Å². The van der Waals surface area contributed by atoms with Crippen LogP contribution in [0, 0.1) is 23.7 Å². The van der Waals surface area contributed by atoms with Gasteiger partial charge in [-0.3, -0.25) is 0 Å². The molecular weight excluding hydrogens is 433 g/mol. The summed E-state index contributed by atoms with van der Waals surface area (Å²) in [5.74, 6) is 10.7. The van der Waals surface area contributed by atoms with Crippen molar-refractivity contribution in [1.82, 2.24) is 0 Å². The van der Waals surface area contributed by atoms with Crippen molar-refractivity contribution in [2.45, 2.75) is 0 Å². The molecule has 0 atom stereocenters. The van der Waals surface area contributed by atoms with Crippen molar-refractivity contribution in [3.63, 3.8) is 0 Å². The summed E-state index contributed by atoms with van der Waals surface area (Å²) in [4.78, 5) is 0. The Bertz CT molecular complexity index is 881. The maximum Gasteiger partial charge on any atom is 0.0837 e. The van der Waals surface area contributed by atoms with Gasteiger partial charge in [0.25, 0.3) is 0 Å². The molecule has 0 aromatic heterocycles. The van der Waals surface area contributed by atoms with Gasteiger partial charge in [0.2, 0.25) is 0 Å². The summed E-state index contributed by atoms with van der Waals surface area (Å²) in [6, 6.07) is 3.02. The molecule has 0 saturated heterocycles. The van der Waals surface area contributed by atoms with Crippen molar-refractivity contribution in [3.8, 4) is 23.7 Å². The highest BCUT2D eigenvalue weighted by Crippen LogP contribution is 2.37. The summed E-state index contributed by atoms with van der Waals surface area (Å²) >= 11 is 35.8. The van der Waals surface area contributed by atoms with E-state index in [2.05, 4.69) is 23.7 Å². The molecule has 24 heavy (non-hydrogen) atoms. The summed E-state index contributed by atoms with van der Waals surface area (Å²) in [6.45, 7) is 0.